The van der Waals surface area contributed by atoms with Crippen LogP contribution in [-0.2, 0) is 0 Å². The minimum atomic E-state index is 1.37. The molecule has 0 fully saturated rings. The Hall–Kier alpha value is 0. The lowest BCUT2D eigenvalue weighted by atomic mass is 10.0. The van der Waals surface area contributed by atoms with Gasteiger partial charge in [-0.25, -0.2) is 0 Å². The van der Waals surface area contributed by atoms with E-state index < -0.39 is 0 Å². The first-order chi connectivity index (χ1) is 35.9. The summed E-state index contributed by atoms with van der Waals surface area (Å²) in [5.74, 6) is 0. The Kier molecular flexibility index (Phi) is 71.0. The maximum atomic E-state index is 2.32. The first kappa shape index (κ1) is 72.0. The van der Waals surface area contributed by atoms with Crippen LogP contribution in [0.4, 0.5) is 0 Å². The standard InChI is InChI=1S/C72H146/c1-3-5-7-9-11-13-15-17-19-21-23-25-27-29-31-33-35-37-39-41-43-45-47-49-51-53-55-57-59-61-63-65-67-69-71-72-70-68-66-64-62-60-58-56-54-52-50-48-46-44-42-40-38-36-34-32-30-28-26-24-22-20-18-16-14-12-10-8-6-4-2/h3-72H2,1-2H3. The van der Waals surface area contributed by atoms with Gasteiger partial charge in [-0.1, -0.05) is 463 Å². The summed E-state index contributed by atoms with van der Waals surface area (Å²) in [5, 5.41) is 0. The van der Waals surface area contributed by atoms with Gasteiger partial charge in [0.2, 0.25) is 0 Å². The number of hydrogen-bond donors (Lipinski definition) is 0. The molecule has 0 radical (unpaired) electrons. The van der Waals surface area contributed by atoms with Gasteiger partial charge in [0.1, 0.15) is 0 Å². The molecule has 0 N–H and O–H groups in total. The van der Waals surface area contributed by atoms with Crippen molar-refractivity contribution in [2.45, 2.75) is 463 Å². The van der Waals surface area contributed by atoms with E-state index >= 15 is 0 Å². The molecule has 434 valence electrons. The topological polar surface area (TPSA) is 0 Å². The molecule has 0 heterocycles. The molecule has 0 aromatic heterocycles. The van der Waals surface area contributed by atoms with Gasteiger partial charge in [-0.05, 0) is 0 Å². The second-order valence-electron chi connectivity index (χ2n) is 25.0. The smallest absolute Gasteiger partial charge is 0.0533 e. The molecule has 0 aromatic rings. The lowest BCUT2D eigenvalue weighted by Crippen LogP contribution is -1.85. The van der Waals surface area contributed by atoms with Crippen molar-refractivity contribution in [3.8, 4) is 0 Å². The van der Waals surface area contributed by atoms with Gasteiger partial charge in [-0.15, -0.1) is 0 Å². The third kappa shape index (κ3) is 70.0. The molecule has 0 nitrogen and oxygen atoms in total. The predicted molar refractivity (Wildman–Crippen MR) is 335 cm³/mol. The van der Waals surface area contributed by atoms with Gasteiger partial charge in [-0.3, -0.25) is 0 Å². The molecule has 0 aliphatic heterocycles. The number of rotatable bonds is 69. The van der Waals surface area contributed by atoms with Crippen molar-refractivity contribution < 1.29 is 0 Å². The van der Waals surface area contributed by atoms with E-state index in [2.05, 4.69) is 13.8 Å². The molecule has 0 aromatic carbocycles. The number of unbranched alkanes of at least 4 members (excludes halogenated alkanes) is 69. The van der Waals surface area contributed by atoms with Gasteiger partial charge >= 0.3 is 0 Å². The molecule has 0 spiro atoms. The highest BCUT2D eigenvalue weighted by Crippen LogP contribution is 2.21. The molecule has 0 saturated carbocycles. The quantitative estimate of drug-likeness (QED) is 0.0533. The predicted octanol–water partition coefficient (Wildman–Crippen LogP) is 28.3. The molecule has 0 unspecified atom stereocenters. The third-order valence-electron chi connectivity index (χ3n) is 17.5. The summed E-state index contributed by atoms with van der Waals surface area (Å²) in [6, 6.07) is 0. The first-order valence-electron chi connectivity index (χ1n) is 35.9. The zero-order valence-corrected chi connectivity index (χ0v) is 51.5. The van der Waals surface area contributed by atoms with Crippen LogP contribution in [0.1, 0.15) is 463 Å². The van der Waals surface area contributed by atoms with Crippen LogP contribution in [0.25, 0.3) is 0 Å². The summed E-state index contributed by atoms with van der Waals surface area (Å²) in [5.41, 5.74) is 0. The fourth-order valence-electron chi connectivity index (χ4n) is 12.2. The van der Waals surface area contributed by atoms with Crippen LogP contribution >= 0.6 is 0 Å². The minimum absolute atomic E-state index is 1.37. The van der Waals surface area contributed by atoms with Crippen molar-refractivity contribution in [1.82, 2.24) is 0 Å². The highest BCUT2D eigenvalue weighted by molar-refractivity contribution is 4.57. The van der Waals surface area contributed by atoms with E-state index in [1.165, 1.54) is 449 Å². The average Bonchev–Trinajstić information content (AvgIpc) is 3.39. The van der Waals surface area contributed by atoms with Crippen molar-refractivity contribution in [2.75, 3.05) is 0 Å². The van der Waals surface area contributed by atoms with E-state index in [0.29, 0.717) is 0 Å². The summed E-state index contributed by atoms with van der Waals surface area (Å²) >= 11 is 0. The highest BCUT2D eigenvalue weighted by Gasteiger charge is 2.01. The first-order valence-corrected chi connectivity index (χ1v) is 35.9. The van der Waals surface area contributed by atoms with Crippen LogP contribution in [0.3, 0.4) is 0 Å². The zero-order chi connectivity index (χ0) is 51.5. The van der Waals surface area contributed by atoms with Gasteiger partial charge in [0.15, 0.2) is 0 Å². The molecular formula is C72H146. The fraction of sp³-hybridized carbons (Fsp3) is 1.00. The van der Waals surface area contributed by atoms with Gasteiger partial charge in [-0.2, -0.15) is 0 Å². The van der Waals surface area contributed by atoms with Crippen molar-refractivity contribution in [1.29, 1.82) is 0 Å². The van der Waals surface area contributed by atoms with E-state index in [4.69, 9.17) is 0 Å². The lowest BCUT2D eigenvalue weighted by molar-refractivity contribution is 0.506. The summed E-state index contributed by atoms with van der Waals surface area (Å²) < 4.78 is 0. The van der Waals surface area contributed by atoms with Crippen molar-refractivity contribution in [3.05, 3.63) is 0 Å². The van der Waals surface area contributed by atoms with Crippen LogP contribution < -0.4 is 0 Å². The van der Waals surface area contributed by atoms with Crippen molar-refractivity contribution >= 4 is 0 Å². The van der Waals surface area contributed by atoms with Gasteiger partial charge in [0.05, 0.1) is 0 Å². The Morgan fingerprint density at radius 3 is 0.153 bits per heavy atom. The van der Waals surface area contributed by atoms with Crippen molar-refractivity contribution in [3.63, 3.8) is 0 Å². The molecule has 0 aliphatic carbocycles. The fourth-order valence-corrected chi connectivity index (χ4v) is 12.2. The van der Waals surface area contributed by atoms with E-state index in [1.54, 1.807) is 0 Å². The lowest BCUT2D eigenvalue weighted by Gasteiger charge is -2.05. The second kappa shape index (κ2) is 71.0. The monoisotopic (exact) mass is 1010 g/mol. The zero-order valence-electron chi connectivity index (χ0n) is 51.5. The number of hydrogen-bond acceptors (Lipinski definition) is 0. The molecule has 0 saturated heterocycles. The van der Waals surface area contributed by atoms with Gasteiger partial charge in [0.25, 0.3) is 0 Å². The van der Waals surface area contributed by atoms with E-state index in [0.717, 1.165) is 0 Å². The van der Waals surface area contributed by atoms with E-state index in [1.807, 2.05) is 0 Å². The molecule has 0 aliphatic rings. The Labute approximate surface area is 461 Å². The van der Waals surface area contributed by atoms with Crippen LogP contribution in [0.5, 0.6) is 0 Å². The average molecular weight is 1010 g/mol. The van der Waals surface area contributed by atoms with Crippen LogP contribution in [0.15, 0.2) is 0 Å². The van der Waals surface area contributed by atoms with Crippen LogP contribution in [-0.4, -0.2) is 0 Å². The molecule has 0 bridgehead atoms. The molecule has 0 heteroatoms. The molecular weight excluding hydrogens is 865 g/mol. The summed E-state index contributed by atoms with van der Waals surface area (Å²) in [6.45, 7) is 4.63. The molecule has 0 atom stereocenters. The van der Waals surface area contributed by atoms with E-state index in [-0.39, 0.29) is 0 Å². The minimum Gasteiger partial charge on any atom is -0.0654 e. The van der Waals surface area contributed by atoms with E-state index in [9.17, 15) is 0 Å². The largest absolute Gasteiger partial charge is 0.0654 e. The molecule has 0 rings (SSSR count). The Morgan fingerprint density at radius 2 is 0.111 bits per heavy atom. The normalized spacial score (nSPS) is 11.8. The molecule has 0 amide bonds. The Morgan fingerprint density at radius 1 is 0.0694 bits per heavy atom. The SMILES string of the molecule is CCCCCCCCCCCCCCCCCCCCCCCCCCCCCCCCCCCCCCCCCCCCCCCCCCCCCCCCCCCCCCCCCCCCCCCC. The van der Waals surface area contributed by atoms with Gasteiger partial charge < -0.3 is 0 Å². The maximum absolute atomic E-state index is 2.32. The van der Waals surface area contributed by atoms with Crippen LogP contribution in [0.2, 0.25) is 0 Å². The van der Waals surface area contributed by atoms with Gasteiger partial charge in [0, 0.05) is 0 Å². The Balaban J connectivity index is 3.07. The maximum Gasteiger partial charge on any atom is -0.0533 e. The highest BCUT2D eigenvalue weighted by atomic mass is 14.1. The summed E-state index contributed by atoms with van der Waals surface area (Å²) in [7, 11) is 0. The Bertz CT molecular complexity index is 788. The second-order valence-corrected chi connectivity index (χ2v) is 25.0. The van der Waals surface area contributed by atoms with Crippen molar-refractivity contribution in [2.24, 2.45) is 0 Å². The molecule has 72 heavy (non-hydrogen) atoms. The third-order valence-corrected chi connectivity index (χ3v) is 17.5. The summed E-state index contributed by atoms with van der Waals surface area (Å²) in [4.78, 5) is 0. The summed E-state index contributed by atoms with van der Waals surface area (Å²) in [6.07, 6.45) is 104. The van der Waals surface area contributed by atoms with Crippen LogP contribution in [0, 0.1) is 0 Å².